The van der Waals surface area contributed by atoms with Crippen LogP contribution in [0.25, 0.3) is 5.82 Å². The van der Waals surface area contributed by atoms with Crippen molar-refractivity contribution in [1.82, 2.24) is 19.7 Å². The van der Waals surface area contributed by atoms with Gasteiger partial charge in [-0.2, -0.15) is 5.10 Å². The molecular weight excluding hydrogens is 335 g/mol. The highest BCUT2D eigenvalue weighted by Gasteiger charge is 2.10. The van der Waals surface area contributed by atoms with Crippen molar-refractivity contribution in [3.63, 3.8) is 0 Å². The Kier molecular flexibility index (Phi) is 3.67. The smallest absolute Gasteiger partial charge is 0.341 e. The van der Waals surface area contributed by atoms with Crippen molar-refractivity contribution in [3.05, 3.63) is 34.1 Å². The van der Waals surface area contributed by atoms with Gasteiger partial charge >= 0.3 is 5.97 Å². The fourth-order valence-corrected chi connectivity index (χ4v) is 1.62. The Bertz CT molecular complexity index is 541. The Morgan fingerprint density at radius 3 is 3.00 bits per heavy atom. The summed E-state index contributed by atoms with van der Waals surface area (Å²) in [4.78, 5) is 19.7. The fraction of sp³-hybridized carbons (Fsp3) is 0.200. The van der Waals surface area contributed by atoms with E-state index < -0.39 is 5.97 Å². The van der Waals surface area contributed by atoms with Gasteiger partial charge in [-0.1, -0.05) is 0 Å². The predicted octanol–water partition coefficient (Wildman–Crippen LogP) is 1.44. The van der Waals surface area contributed by atoms with Crippen LogP contribution in [-0.4, -0.2) is 32.3 Å². The van der Waals surface area contributed by atoms with Crippen LogP contribution in [0.1, 0.15) is 17.3 Å². The number of carbonyl (C=O) groups excluding carboxylic acids is 1. The molecule has 0 aliphatic heterocycles. The lowest BCUT2D eigenvalue weighted by atomic mass is 10.4. The van der Waals surface area contributed by atoms with Gasteiger partial charge in [-0.25, -0.2) is 14.5 Å². The molecule has 88 valence electrons. The summed E-state index contributed by atoms with van der Waals surface area (Å²) in [5.41, 5.74) is 0.396. The van der Waals surface area contributed by atoms with Gasteiger partial charge < -0.3 is 4.74 Å². The van der Waals surface area contributed by atoms with E-state index in [-0.39, 0.29) is 0 Å². The normalized spacial score (nSPS) is 10.2. The molecule has 0 saturated heterocycles. The van der Waals surface area contributed by atoms with E-state index in [1.807, 2.05) is 0 Å². The standard InChI is InChI=1S/C10H9IN4O2/c1-2-17-10(16)7-3-13-15(6-7)9-5-12-4-8(11)14-9/h3-6H,2H2,1H3. The van der Waals surface area contributed by atoms with Crippen molar-refractivity contribution in [3.8, 4) is 5.82 Å². The summed E-state index contributed by atoms with van der Waals surface area (Å²) in [7, 11) is 0. The maximum Gasteiger partial charge on any atom is 0.341 e. The Morgan fingerprint density at radius 1 is 1.47 bits per heavy atom. The summed E-state index contributed by atoms with van der Waals surface area (Å²) < 4.78 is 7.12. The fourth-order valence-electron chi connectivity index (χ4n) is 1.21. The van der Waals surface area contributed by atoms with Crippen molar-refractivity contribution >= 4 is 28.6 Å². The number of esters is 1. The van der Waals surface area contributed by atoms with E-state index in [1.54, 1.807) is 25.5 Å². The first-order valence-corrected chi connectivity index (χ1v) is 5.98. The second-order valence-corrected chi connectivity index (χ2v) is 4.20. The van der Waals surface area contributed by atoms with Gasteiger partial charge in [-0.15, -0.1) is 0 Å². The SMILES string of the molecule is CCOC(=O)c1cnn(-c2cncc(I)n2)c1. The summed E-state index contributed by atoms with van der Waals surface area (Å²) >= 11 is 2.06. The van der Waals surface area contributed by atoms with E-state index in [0.717, 1.165) is 3.70 Å². The Labute approximate surface area is 111 Å². The van der Waals surface area contributed by atoms with Gasteiger partial charge in [0.05, 0.1) is 30.8 Å². The summed E-state index contributed by atoms with van der Waals surface area (Å²) in [5.74, 6) is 0.171. The molecule has 0 aromatic carbocycles. The molecule has 2 aromatic rings. The van der Waals surface area contributed by atoms with Gasteiger partial charge in [-0.3, -0.25) is 4.98 Å². The molecule has 0 radical (unpaired) electrons. The zero-order valence-electron chi connectivity index (χ0n) is 9.00. The number of ether oxygens (including phenoxy) is 1. The van der Waals surface area contributed by atoms with Crippen LogP contribution in [-0.2, 0) is 4.74 Å². The molecule has 0 unspecified atom stereocenters. The first-order chi connectivity index (χ1) is 8.20. The minimum Gasteiger partial charge on any atom is -0.462 e. The van der Waals surface area contributed by atoms with E-state index in [4.69, 9.17) is 4.74 Å². The number of halogens is 1. The second kappa shape index (κ2) is 5.21. The molecule has 0 saturated carbocycles. The van der Waals surface area contributed by atoms with Gasteiger partial charge in [0, 0.05) is 6.20 Å². The van der Waals surface area contributed by atoms with Crippen molar-refractivity contribution in [2.24, 2.45) is 0 Å². The molecule has 7 heteroatoms. The number of nitrogens with zero attached hydrogens (tertiary/aromatic N) is 4. The van der Waals surface area contributed by atoms with Crippen molar-refractivity contribution in [2.75, 3.05) is 6.61 Å². The van der Waals surface area contributed by atoms with E-state index >= 15 is 0 Å². The average molecular weight is 344 g/mol. The Hall–Kier alpha value is -1.51. The molecule has 2 aromatic heterocycles. The molecular formula is C10H9IN4O2. The predicted molar refractivity (Wildman–Crippen MR) is 67.8 cm³/mol. The molecule has 2 rings (SSSR count). The molecule has 0 aliphatic rings. The molecule has 0 spiro atoms. The highest BCUT2D eigenvalue weighted by molar-refractivity contribution is 14.1. The number of carbonyl (C=O) groups is 1. The third kappa shape index (κ3) is 2.78. The maximum atomic E-state index is 11.4. The Balaban J connectivity index is 2.27. The lowest BCUT2D eigenvalue weighted by Gasteiger charge is -1.99. The van der Waals surface area contributed by atoms with Crippen LogP contribution >= 0.6 is 22.6 Å². The first kappa shape index (κ1) is 12.0. The van der Waals surface area contributed by atoms with Gasteiger partial charge in [0.2, 0.25) is 0 Å². The lowest BCUT2D eigenvalue weighted by Crippen LogP contribution is -2.03. The van der Waals surface area contributed by atoms with Gasteiger partial charge in [0.15, 0.2) is 5.82 Å². The molecule has 6 nitrogen and oxygen atoms in total. The van der Waals surface area contributed by atoms with Crippen LogP contribution < -0.4 is 0 Å². The van der Waals surface area contributed by atoms with Crippen LogP contribution in [0.2, 0.25) is 0 Å². The highest BCUT2D eigenvalue weighted by Crippen LogP contribution is 2.07. The largest absolute Gasteiger partial charge is 0.462 e. The molecule has 0 aliphatic carbocycles. The third-order valence-corrected chi connectivity index (χ3v) is 2.44. The first-order valence-electron chi connectivity index (χ1n) is 4.90. The minimum absolute atomic E-state index is 0.340. The van der Waals surface area contributed by atoms with Crippen LogP contribution in [0.15, 0.2) is 24.8 Å². The summed E-state index contributed by atoms with van der Waals surface area (Å²) in [6.45, 7) is 2.10. The van der Waals surface area contributed by atoms with Crippen molar-refractivity contribution in [2.45, 2.75) is 6.92 Å². The van der Waals surface area contributed by atoms with E-state index in [2.05, 4.69) is 37.7 Å². The highest BCUT2D eigenvalue weighted by atomic mass is 127. The van der Waals surface area contributed by atoms with E-state index in [0.29, 0.717) is 18.0 Å². The number of rotatable bonds is 3. The van der Waals surface area contributed by atoms with Crippen LogP contribution in [0, 0.1) is 3.70 Å². The van der Waals surface area contributed by atoms with Crippen molar-refractivity contribution in [1.29, 1.82) is 0 Å². The molecule has 0 N–H and O–H groups in total. The summed E-state index contributed by atoms with van der Waals surface area (Å²) in [5, 5.41) is 4.04. The summed E-state index contributed by atoms with van der Waals surface area (Å²) in [6.07, 6.45) is 6.22. The minimum atomic E-state index is -0.391. The second-order valence-electron chi connectivity index (χ2n) is 3.09. The topological polar surface area (TPSA) is 69.9 Å². The van der Waals surface area contributed by atoms with Crippen LogP contribution in [0.4, 0.5) is 0 Å². The lowest BCUT2D eigenvalue weighted by molar-refractivity contribution is 0.0526. The zero-order chi connectivity index (χ0) is 12.3. The number of aromatic nitrogens is 4. The van der Waals surface area contributed by atoms with Crippen LogP contribution in [0.3, 0.4) is 0 Å². The molecule has 2 heterocycles. The van der Waals surface area contributed by atoms with E-state index in [1.165, 1.54) is 10.9 Å². The van der Waals surface area contributed by atoms with Gasteiger partial charge in [0.25, 0.3) is 0 Å². The van der Waals surface area contributed by atoms with Crippen molar-refractivity contribution < 1.29 is 9.53 Å². The van der Waals surface area contributed by atoms with E-state index in [9.17, 15) is 4.79 Å². The molecule has 0 fully saturated rings. The molecule has 17 heavy (non-hydrogen) atoms. The quantitative estimate of drug-likeness (QED) is 0.623. The monoisotopic (exact) mass is 344 g/mol. The van der Waals surface area contributed by atoms with Crippen LogP contribution in [0.5, 0.6) is 0 Å². The van der Waals surface area contributed by atoms with Gasteiger partial charge in [-0.05, 0) is 29.5 Å². The Morgan fingerprint density at radius 2 is 2.29 bits per heavy atom. The maximum absolute atomic E-state index is 11.4. The molecule has 0 amide bonds. The molecule has 0 bridgehead atoms. The zero-order valence-corrected chi connectivity index (χ0v) is 11.2. The third-order valence-electron chi connectivity index (χ3n) is 1.92. The number of hydrogen-bond donors (Lipinski definition) is 0. The number of hydrogen-bond acceptors (Lipinski definition) is 5. The van der Waals surface area contributed by atoms with Gasteiger partial charge in [0.1, 0.15) is 3.70 Å². The molecule has 0 atom stereocenters. The average Bonchev–Trinajstić information content (AvgIpc) is 2.78. The summed E-state index contributed by atoms with van der Waals surface area (Å²) in [6, 6.07) is 0.